The summed E-state index contributed by atoms with van der Waals surface area (Å²) < 4.78 is 0. The molecule has 0 spiro atoms. The number of nitrogens with one attached hydrogen (secondary N) is 1. The van der Waals surface area contributed by atoms with Crippen LogP contribution in [0.15, 0.2) is 66.0 Å². The fourth-order valence-corrected chi connectivity index (χ4v) is 3.82. The fraction of sp³-hybridized carbons (Fsp3) is 0.0476. The van der Waals surface area contributed by atoms with Gasteiger partial charge in [0.05, 0.1) is 16.7 Å². The van der Waals surface area contributed by atoms with Gasteiger partial charge in [0.25, 0.3) is 11.8 Å². The minimum absolute atomic E-state index is 0.210. The van der Waals surface area contributed by atoms with E-state index in [2.05, 4.69) is 5.32 Å². The van der Waals surface area contributed by atoms with Gasteiger partial charge >= 0.3 is 0 Å². The van der Waals surface area contributed by atoms with Crippen molar-refractivity contribution in [2.24, 2.45) is 0 Å². The smallest absolute Gasteiger partial charge is 0.262 e. The van der Waals surface area contributed by atoms with E-state index in [4.69, 9.17) is 0 Å². The zero-order valence-electron chi connectivity index (χ0n) is 14.5. The average Bonchev–Trinajstić information content (AvgIpc) is 3.27. The first-order valence-electron chi connectivity index (χ1n) is 8.48. The second kappa shape index (κ2) is 7.21. The second-order valence-corrected chi connectivity index (χ2v) is 7.06. The van der Waals surface area contributed by atoms with Crippen molar-refractivity contribution in [2.45, 2.75) is 0 Å². The number of rotatable bonds is 5. The molecule has 0 fully saturated rings. The number of hydrogen-bond acceptors (Lipinski definition) is 5. The van der Waals surface area contributed by atoms with E-state index in [-0.39, 0.29) is 16.9 Å². The van der Waals surface area contributed by atoms with Crippen LogP contribution in [0.3, 0.4) is 0 Å². The molecule has 1 N–H and O–H groups in total. The number of ketones is 1. The summed E-state index contributed by atoms with van der Waals surface area (Å²) in [5.74, 6) is -1.75. The van der Waals surface area contributed by atoms with Crippen molar-refractivity contribution in [3.05, 3.63) is 88.3 Å². The number of imide groups is 1. The van der Waals surface area contributed by atoms with Crippen LogP contribution in [-0.4, -0.2) is 34.9 Å². The molecule has 0 bridgehead atoms. The molecule has 28 heavy (non-hydrogen) atoms. The Balaban J connectivity index is 1.49. The first-order chi connectivity index (χ1) is 13.6. The topological polar surface area (TPSA) is 83.6 Å². The van der Waals surface area contributed by atoms with Crippen molar-refractivity contribution < 1.29 is 19.2 Å². The summed E-state index contributed by atoms with van der Waals surface area (Å²) in [5.41, 5.74) is 1.45. The Hall–Kier alpha value is -3.58. The van der Waals surface area contributed by atoms with Crippen molar-refractivity contribution in [2.75, 3.05) is 11.9 Å². The minimum Gasteiger partial charge on any atom is -0.316 e. The zero-order valence-corrected chi connectivity index (χ0v) is 15.4. The van der Waals surface area contributed by atoms with Gasteiger partial charge in [-0.1, -0.05) is 42.5 Å². The summed E-state index contributed by atoms with van der Waals surface area (Å²) >= 11 is 1.21. The van der Waals surface area contributed by atoms with Crippen LogP contribution in [-0.2, 0) is 4.79 Å². The van der Waals surface area contributed by atoms with E-state index >= 15 is 0 Å². The van der Waals surface area contributed by atoms with Crippen LogP contribution < -0.4 is 5.32 Å². The lowest BCUT2D eigenvalue weighted by molar-refractivity contribution is -0.116. The Bertz CT molecular complexity index is 1070. The molecule has 7 heteroatoms. The maximum absolute atomic E-state index is 12.6. The molecule has 0 aliphatic carbocycles. The third kappa shape index (κ3) is 3.12. The number of nitrogens with zero attached hydrogens (tertiary/aromatic N) is 1. The number of hydrogen-bond donors (Lipinski definition) is 1. The molecular weight excluding hydrogens is 376 g/mol. The molecule has 0 radical (unpaired) electrons. The molecule has 1 aliphatic rings. The van der Waals surface area contributed by atoms with Crippen LogP contribution in [0.5, 0.6) is 0 Å². The first kappa shape index (κ1) is 17.8. The highest BCUT2D eigenvalue weighted by Gasteiger charge is 2.36. The average molecular weight is 390 g/mol. The largest absolute Gasteiger partial charge is 0.316 e. The molecule has 6 nitrogen and oxygen atoms in total. The van der Waals surface area contributed by atoms with Gasteiger partial charge in [-0.25, -0.2) is 0 Å². The SMILES string of the molecule is O=C(CN1C(=O)c2ccccc2C1=O)Nc1sccc1C(=O)c1ccccc1. The van der Waals surface area contributed by atoms with Gasteiger partial charge in [0.2, 0.25) is 5.91 Å². The van der Waals surface area contributed by atoms with Crippen molar-refractivity contribution in [3.63, 3.8) is 0 Å². The van der Waals surface area contributed by atoms with Gasteiger partial charge in [-0.2, -0.15) is 0 Å². The molecule has 2 aromatic carbocycles. The number of thiophene rings is 1. The van der Waals surface area contributed by atoms with Crippen LogP contribution in [0, 0.1) is 0 Å². The third-order valence-corrected chi connectivity index (χ3v) is 5.21. The van der Waals surface area contributed by atoms with Gasteiger partial charge in [0.1, 0.15) is 11.5 Å². The van der Waals surface area contributed by atoms with Crippen LogP contribution in [0.4, 0.5) is 5.00 Å². The monoisotopic (exact) mass is 390 g/mol. The van der Waals surface area contributed by atoms with Gasteiger partial charge < -0.3 is 5.32 Å². The number of fused-ring (bicyclic) bond motifs is 1. The van der Waals surface area contributed by atoms with E-state index in [0.29, 0.717) is 16.1 Å². The van der Waals surface area contributed by atoms with E-state index in [1.165, 1.54) is 11.3 Å². The van der Waals surface area contributed by atoms with Gasteiger partial charge in [-0.05, 0) is 23.6 Å². The highest BCUT2D eigenvalue weighted by atomic mass is 32.1. The molecule has 3 aromatic rings. The van der Waals surface area contributed by atoms with Crippen molar-refractivity contribution in [3.8, 4) is 0 Å². The molecular formula is C21H14N2O4S. The Morgan fingerprint density at radius 2 is 1.46 bits per heavy atom. The Morgan fingerprint density at radius 1 is 0.857 bits per heavy atom. The highest BCUT2D eigenvalue weighted by Crippen LogP contribution is 2.27. The molecule has 3 amide bonds. The summed E-state index contributed by atoms with van der Waals surface area (Å²) in [6.07, 6.45) is 0. The van der Waals surface area contributed by atoms with Gasteiger partial charge in [-0.3, -0.25) is 24.1 Å². The lowest BCUT2D eigenvalue weighted by atomic mass is 10.1. The number of carbonyl (C=O) groups excluding carboxylic acids is 4. The predicted molar refractivity (Wildman–Crippen MR) is 105 cm³/mol. The number of carbonyl (C=O) groups is 4. The quantitative estimate of drug-likeness (QED) is 0.536. The number of amides is 3. The molecule has 0 saturated heterocycles. The third-order valence-electron chi connectivity index (χ3n) is 4.38. The lowest BCUT2D eigenvalue weighted by Gasteiger charge is -2.13. The zero-order chi connectivity index (χ0) is 19.7. The molecule has 0 unspecified atom stereocenters. The summed E-state index contributed by atoms with van der Waals surface area (Å²) in [6.45, 7) is -0.413. The molecule has 0 atom stereocenters. The summed E-state index contributed by atoms with van der Waals surface area (Å²) in [7, 11) is 0. The molecule has 138 valence electrons. The van der Waals surface area contributed by atoms with Gasteiger partial charge in [0, 0.05) is 5.56 Å². The van der Waals surface area contributed by atoms with Crippen LogP contribution in [0.2, 0.25) is 0 Å². The maximum Gasteiger partial charge on any atom is 0.262 e. The summed E-state index contributed by atoms with van der Waals surface area (Å²) in [4.78, 5) is 50.8. The molecule has 2 heterocycles. The molecule has 4 rings (SSSR count). The van der Waals surface area contributed by atoms with E-state index in [0.717, 1.165) is 4.90 Å². The van der Waals surface area contributed by atoms with Crippen molar-refractivity contribution in [1.29, 1.82) is 0 Å². The second-order valence-electron chi connectivity index (χ2n) is 6.15. The standard InChI is InChI=1S/C21H14N2O4S/c24-17(12-23-20(26)14-8-4-5-9-15(14)21(23)27)22-19-16(10-11-28-19)18(25)13-6-2-1-3-7-13/h1-11H,12H2,(H,22,24). The van der Waals surface area contributed by atoms with Crippen LogP contribution in [0.1, 0.15) is 36.6 Å². The maximum atomic E-state index is 12.6. The molecule has 0 saturated carbocycles. The Labute approximate surface area is 164 Å². The molecule has 1 aromatic heterocycles. The van der Waals surface area contributed by atoms with Crippen LogP contribution in [0.25, 0.3) is 0 Å². The van der Waals surface area contributed by atoms with Crippen molar-refractivity contribution in [1.82, 2.24) is 4.90 Å². The Kier molecular flexibility index (Phi) is 4.58. The fourth-order valence-electron chi connectivity index (χ4n) is 3.02. The van der Waals surface area contributed by atoms with E-state index in [1.54, 1.807) is 60.0 Å². The van der Waals surface area contributed by atoms with Crippen LogP contribution >= 0.6 is 11.3 Å². The van der Waals surface area contributed by atoms with Crippen molar-refractivity contribution >= 4 is 39.8 Å². The minimum atomic E-state index is -0.543. The summed E-state index contributed by atoms with van der Waals surface area (Å²) in [6, 6.07) is 16.8. The van der Waals surface area contributed by atoms with Gasteiger partial charge in [-0.15, -0.1) is 11.3 Å². The highest BCUT2D eigenvalue weighted by molar-refractivity contribution is 7.14. The first-order valence-corrected chi connectivity index (χ1v) is 9.36. The normalized spacial score (nSPS) is 12.8. The van der Waals surface area contributed by atoms with E-state index in [1.807, 2.05) is 6.07 Å². The lowest BCUT2D eigenvalue weighted by Crippen LogP contribution is -2.37. The van der Waals surface area contributed by atoms with Gasteiger partial charge in [0.15, 0.2) is 5.78 Å². The number of anilines is 1. The predicted octanol–water partition coefficient (Wildman–Crippen LogP) is 3.21. The summed E-state index contributed by atoms with van der Waals surface area (Å²) in [5, 5.41) is 4.74. The molecule has 1 aliphatic heterocycles. The Morgan fingerprint density at radius 3 is 2.11 bits per heavy atom. The number of benzene rings is 2. The van der Waals surface area contributed by atoms with E-state index < -0.39 is 24.3 Å². The van der Waals surface area contributed by atoms with E-state index in [9.17, 15) is 19.2 Å².